The maximum Gasteiger partial charge on any atom is 0.318 e. The zero-order chi connectivity index (χ0) is 22.7. The number of aryl methyl sites for hydroxylation is 1. The van der Waals surface area contributed by atoms with Crippen LogP contribution in [0.3, 0.4) is 0 Å². The summed E-state index contributed by atoms with van der Waals surface area (Å²) in [5.74, 6) is 0.951. The highest BCUT2D eigenvalue weighted by Crippen LogP contribution is 2.22. The molecule has 3 N–H and O–H groups in total. The van der Waals surface area contributed by atoms with Crippen molar-refractivity contribution in [1.82, 2.24) is 30.2 Å². The van der Waals surface area contributed by atoms with Crippen LogP contribution >= 0.6 is 11.6 Å². The van der Waals surface area contributed by atoms with E-state index in [0.29, 0.717) is 41.8 Å². The minimum Gasteiger partial charge on any atom is -0.394 e. The van der Waals surface area contributed by atoms with Crippen molar-refractivity contribution in [3.05, 3.63) is 70.1 Å². The first kappa shape index (κ1) is 21.8. The van der Waals surface area contributed by atoms with Crippen LogP contribution in [-0.4, -0.2) is 49.1 Å². The fraction of sp³-hybridized carbons (Fsp3) is 0.286. The van der Waals surface area contributed by atoms with Gasteiger partial charge in [0.2, 0.25) is 5.95 Å². The maximum absolute atomic E-state index is 13.8. The van der Waals surface area contributed by atoms with E-state index < -0.39 is 11.9 Å². The number of aliphatic hydroxyl groups is 1. The average Bonchev–Trinajstić information content (AvgIpc) is 2.78. The van der Waals surface area contributed by atoms with Gasteiger partial charge in [0.15, 0.2) is 0 Å². The van der Waals surface area contributed by atoms with Crippen LogP contribution in [0.1, 0.15) is 28.7 Å². The number of hydrogen-bond donors (Lipinski definition) is 3. The molecular formula is C21H21ClFN7O2. The normalized spacial score (nSPS) is 13.9. The molecule has 0 radical (unpaired) electrons. The molecule has 0 spiro atoms. The lowest BCUT2D eigenvalue weighted by atomic mass is 10.1. The zero-order valence-electron chi connectivity index (χ0n) is 17.2. The zero-order valence-corrected chi connectivity index (χ0v) is 18.0. The molecule has 9 nitrogen and oxygen atoms in total. The number of anilines is 2. The Kier molecular flexibility index (Phi) is 6.42. The molecule has 4 rings (SSSR count). The molecule has 3 heterocycles. The van der Waals surface area contributed by atoms with Crippen LogP contribution in [0.25, 0.3) is 0 Å². The highest BCUT2D eigenvalue weighted by molar-refractivity contribution is 6.30. The van der Waals surface area contributed by atoms with Crippen molar-refractivity contribution in [1.29, 1.82) is 0 Å². The third-order valence-corrected chi connectivity index (χ3v) is 5.38. The lowest BCUT2D eigenvalue weighted by Gasteiger charge is -2.30. The van der Waals surface area contributed by atoms with E-state index in [1.54, 1.807) is 36.4 Å². The summed E-state index contributed by atoms with van der Waals surface area (Å²) in [6, 6.07) is 4.73. The molecule has 0 fully saturated rings. The Bertz CT molecular complexity index is 1150. The first-order valence-corrected chi connectivity index (χ1v) is 10.3. The van der Waals surface area contributed by atoms with E-state index in [1.807, 2.05) is 0 Å². The number of urea groups is 1. The van der Waals surface area contributed by atoms with Gasteiger partial charge in [0.1, 0.15) is 17.5 Å². The van der Waals surface area contributed by atoms with E-state index in [-0.39, 0.29) is 24.2 Å². The van der Waals surface area contributed by atoms with Crippen LogP contribution < -0.4 is 10.6 Å². The number of hydrogen-bond acceptors (Lipinski definition) is 7. The van der Waals surface area contributed by atoms with E-state index in [1.165, 1.54) is 12.1 Å². The molecule has 1 aromatic carbocycles. The predicted octanol–water partition coefficient (Wildman–Crippen LogP) is 2.91. The van der Waals surface area contributed by atoms with E-state index in [0.717, 1.165) is 5.56 Å². The summed E-state index contributed by atoms with van der Waals surface area (Å²) in [6.45, 7) is 2.14. The van der Waals surface area contributed by atoms with Gasteiger partial charge in [-0.1, -0.05) is 17.7 Å². The van der Waals surface area contributed by atoms with Crippen LogP contribution in [0.15, 0.2) is 36.7 Å². The number of fused-ring (bicyclic) bond motifs is 1. The first-order chi connectivity index (χ1) is 15.4. The van der Waals surface area contributed by atoms with Crippen LogP contribution in [0.2, 0.25) is 5.02 Å². The Morgan fingerprint density at radius 2 is 2.16 bits per heavy atom. The van der Waals surface area contributed by atoms with Gasteiger partial charge in [-0.2, -0.15) is 0 Å². The summed E-state index contributed by atoms with van der Waals surface area (Å²) in [7, 11) is 0. The number of rotatable bonds is 5. The summed E-state index contributed by atoms with van der Waals surface area (Å²) in [4.78, 5) is 31.6. The Morgan fingerprint density at radius 1 is 1.31 bits per heavy atom. The van der Waals surface area contributed by atoms with Crippen LogP contribution in [0.5, 0.6) is 0 Å². The third kappa shape index (κ3) is 4.92. The van der Waals surface area contributed by atoms with Gasteiger partial charge < -0.3 is 20.6 Å². The second-order valence-electron chi connectivity index (χ2n) is 7.31. The number of benzene rings is 1. The second-order valence-corrected chi connectivity index (χ2v) is 7.72. The Balaban J connectivity index is 1.45. The minimum absolute atomic E-state index is 0.0226. The summed E-state index contributed by atoms with van der Waals surface area (Å²) >= 11 is 5.72. The van der Waals surface area contributed by atoms with Gasteiger partial charge in [0, 0.05) is 18.9 Å². The lowest BCUT2D eigenvalue weighted by molar-refractivity contribution is 0.176. The number of carbonyl (C=O) groups is 1. The fourth-order valence-electron chi connectivity index (χ4n) is 3.38. The molecule has 0 saturated heterocycles. The van der Waals surface area contributed by atoms with Crippen molar-refractivity contribution in [2.75, 3.05) is 18.5 Å². The largest absolute Gasteiger partial charge is 0.394 e. The molecule has 2 amide bonds. The van der Waals surface area contributed by atoms with Crippen LogP contribution in [0, 0.1) is 12.7 Å². The molecule has 32 heavy (non-hydrogen) atoms. The summed E-state index contributed by atoms with van der Waals surface area (Å²) in [5.41, 5.74) is 2.10. The van der Waals surface area contributed by atoms with Crippen molar-refractivity contribution in [3.63, 3.8) is 0 Å². The maximum atomic E-state index is 13.8. The van der Waals surface area contributed by atoms with E-state index >= 15 is 0 Å². The standard InChI is InChI=1S/C21H21ClFN7O2/c1-12-24-6-4-19(26-12)29-20-25-9-14-5-7-30(10-17(14)27-20)21(32)28-18(11-31)13-2-3-15(22)16(23)8-13/h2-4,6,8-9,18,31H,5,7,10-11H2,1H3,(H,28,32)(H,24,25,26,27,29)/t18-/m1/s1. The molecule has 0 bridgehead atoms. The number of aromatic nitrogens is 4. The molecule has 0 aliphatic carbocycles. The van der Waals surface area contributed by atoms with E-state index in [9.17, 15) is 14.3 Å². The molecule has 2 aromatic heterocycles. The van der Waals surface area contributed by atoms with Gasteiger partial charge in [-0.25, -0.2) is 29.1 Å². The SMILES string of the molecule is Cc1nccc(Nc2ncc3c(n2)CN(C(=O)N[C@H](CO)c2ccc(Cl)c(F)c2)CC3)n1. The smallest absolute Gasteiger partial charge is 0.318 e. The van der Waals surface area contributed by atoms with E-state index in [2.05, 4.69) is 30.6 Å². The lowest BCUT2D eigenvalue weighted by Crippen LogP contribution is -2.45. The number of aliphatic hydroxyl groups excluding tert-OH is 1. The number of nitrogens with zero attached hydrogens (tertiary/aromatic N) is 5. The average molecular weight is 458 g/mol. The molecular weight excluding hydrogens is 437 g/mol. The van der Waals surface area contributed by atoms with E-state index in [4.69, 9.17) is 11.6 Å². The molecule has 1 aliphatic rings. The van der Waals surface area contributed by atoms with Gasteiger partial charge in [0.05, 0.1) is 29.9 Å². The molecule has 0 saturated carbocycles. The quantitative estimate of drug-likeness (QED) is 0.539. The van der Waals surface area contributed by atoms with Gasteiger partial charge >= 0.3 is 6.03 Å². The van der Waals surface area contributed by atoms with Crippen LogP contribution in [0.4, 0.5) is 21.0 Å². The number of carbonyl (C=O) groups excluding carboxylic acids is 1. The summed E-state index contributed by atoms with van der Waals surface area (Å²) in [6.07, 6.45) is 3.97. The van der Waals surface area contributed by atoms with Crippen molar-refractivity contribution in [3.8, 4) is 0 Å². The number of nitrogens with one attached hydrogen (secondary N) is 2. The van der Waals surface area contributed by atoms with Gasteiger partial charge in [-0.3, -0.25) is 0 Å². The van der Waals surface area contributed by atoms with Gasteiger partial charge in [0.25, 0.3) is 0 Å². The van der Waals surface area contributed by atoms with Gasteiger partial charge in [-0.05, 0) is 42.7 Å². The van der Waals surface area contributed by atoms with Crippen molar-refractivity contribution in [2.24, 2.45) is 0 Å². The number of amides is 2. The highest BCUT2D eigenvalue weighted by Gasteiger charge is 2.25. The highest BCUT2D eigenvalue weighted by atomic mass is 35.5. The Labute approximate surface area is 188 Å². The fourth-order valence-corrected chi connectivity index (χ4v) is 3.50. The molecule has 1 atom stereocenters. The predicted molar refractivity (Wildman–Crippen MR) is 116 cm³/mol. The van der Waals surface area contributed by atoms with Crippen molar-refractivity contribution in [2.45, 2.75) is 25.9 Å². The van der Waals surface area contributed by atoms with Gasteiger partial charge in [-0.15, -0.1) is 0 Å². The third-order valence-electron chi connectivity index (χ3n) is 5.08. The monoisotopic (exact) mass is 457 g/mol. The van der Waals surface area contributed by atoms with Crippen LogP contribution in [-0.2, 0) is 13.0 Å². The van der Waals surface area contributed by atoms with Crippen molar-refractivity contribution >= 4 is 29.4 Å². The minimum atomic E-state index is -0.765. The Morgan fingerprint density at radius 3 is 2.91 bits per heavy atom. The van der Waals surface area contributed by atoms with Crippen molar-refractivity contribution < 1.29 is 14.3 Å². The number of halogens is 2. The molecule has 166 valence electrons. The molecule has 11 heteroatoms. The molecule has 1 aliphatic heterocycles. The summed E-state index contributed by atoms with van der Waals surface area (Å²) < 4.78 is 13.8. The topological polar surface area (TPSA) is 116 Å². The first-order valence-electron chi connectivity index (χ1n) is 9.95. The Hall–Kier alpha value is -3.37. The molecule has 0 unspecified atom stereocenters. The summed E-state index contributed by atoms with van der Waals surface area (Å²) in [5, 5.41) is 15.5. The second kappa shape index (κ2) is 9.41. The molecule has 3 aromatic rings.